The molecule has 224 valence electrons. The lowest BCUT2D eigenvalue weighted by atomic mass is 9.82. The second-order valence-electron chi connectivity index (χ2n) is 11.6. The number of benzene rings is 3. The van der Waals surface area contributed by atoms with Crippen LogP contribution >= 0.6 is 0 Å². The van der Waals surface area contributed by atoms with Crippen LogP contribution in [0.25, 0.3) is 27.7 Å². The Labute approximate surface area is 246 Å². The average molecular weight is 592 g/mol. The lowest BCUT2D eigenvalue weighted by Crippen LogP contribution is -2.33. The minimum atomic E-state index is -4.59. The van der Waals surface area contributed by atoms with Crippen LogP contribution in [-0.4, -0.2) is 31.3 Å². The van der Waals surface area contributed by atoms with E-state index in [2.05, 4.69) is 10.2 Å². The highest BCUT2D eigenvalue weighted by molar-refractivity contribution is 5.98. The van der Waals surface area contributed by atoms with Crippen LogP contribution in [0.1, 0.15) is 45.2 Å². The molecular formula is C33H32F3N3O4. The summed E-state index contributed by atoms with van der Waals surface area (Å²) in [7, 11) is 0. The van der Waals surface area contributed by atoms with Gasteiger partial charge in [-0.15, -0.1) is 10.2 Å². The second-order valence-corrected chi connectivity index (χ2v) is 11.6. The molecule has 0 spiro atoms. The van der Waals surface area contributed by atoms with E-state index in [9.17, 15) is 33.6 Å². The third-order valence-electron chi connectivity index (χ3n) is 7.83. The highest BCUT2D eigenvalue weighted by Gasteiger charge is 2.32. The maximum absolute atomic E-state index is 13.6. The summed E-state index contributed by atoms with van der Waals surface area (Å²) < 4.78 is 42.3. The number of nitrogens with zero attached hydrogens (tertiary/aromatic N) is 3. The first-order valence-electron chi connectivity index (χ1n) is 13.7. The number of para-hydroxylation sites is 1. The fourth-order valence-electron chi connectivity index (χ4n) is 5.34. The number of aliphatic hydroxyl groups is 2. The second kappa shape index (κ2) is 11.0. The minimum absolute atomic E-state index is 0.0422. The Morgan fingerprint density at radius 3 is 2.33 bits per heavy atom. The van der Waals surface area contributed by atoms with Crippen LogP contribution in [0, 0.1) is 5.92 Å². The molecule has 0 radical (unpaired) electrons. The van der Waals surface area contributed by atoms with Gasteiger partial charge < -0.3 is 20.4 Å². The zero-order valence-electron chi connectivity index (χ0n) is 24.1. The van der Waals surface area contributed by atoms with Crippen molar-refractivity contribution in [2.45, 2.75) is 52.0 Å². The van der Waals surface area contributed by atoms with E-state index in [1.165, 1.54) is 16.7 Å². The van der Waals surface area contributed by atoms with Crippen LogP contribution < -0.4 is 0 Å². The Morgan fingerprint density at radius 2 is 1.65 bits per heavy atom. The molecule has 4 aromatic rings. The number of aromatic nitrogens is 1. The molecule has 4 N–H and O–H groups in total. The third kappa shape index (κ3) is 5.68. The molecule has 1 atom stereocenters. The molecule has 7 nitrogen and oxygen atoms in total. The Kier molecular flexibility index (Phi) is 7.70. The van der Waals surface area contributed by atoms with Crippen molar-refractivity contribution in [1.82, 2.24) is 4.57 Å². The number of aliphatic hydroxyl groups excluding tert-OH is 1. The molecule has 0 saturated carbocycles. The Balaban J connectivity index is 1.62. The Morgan fingerprint density at radius 1 is 0.930 bits per heavy atom. The predicted molar refractivity (Wildman–Crippen MR) is 159 cm³/mol. The number of fused-ring (bicyclic) bond motifs is 1. The van der Waals surface area contributed by atoms with Gasteiger partial charge in [-0.2, -0.15) is 13.2 Å². The van der Waals surface area contributed by atoms with Crippen LogP contribution in [-0.2, 0) is 11.6 Å². The molecule has 0 saturated heterocycles. The Hall–Kier alpha value is -4.41. The molecule has 1 heterocycles. The lowest BCUT2D eigenvalue weighted by Gasteiger charge is -2.27. The fraction of sp³-hybridized carbons (Fsp3) is 0.273. The van der Waals surface area contributed by atoms with Gasteiger partial charge in [0.05, 0.1) is 11.1 Å². The maximum atomic E-state index is 13.6. The highest BCUT2D eigenvalue weighted by Crippen LogP contribution is 2.46. The summed E-state index contributed by atoms with van der Waals surface area (Å²) >= 11 is 0. The summed E-state index contributed by atoms with van der Waals surface area (Å²) in [4.78, 5) is 0. The Bertz CT molecular complexity index is 1800. The van der Waals surface area contributed by atoms with E-state index < -0.39 is 23.4 Å². The molecule has 0 fully saturated rings. The van der Waals surface area contributed by atoms with Gasteiger partial charge in [-0.1, -0.05) is 68.8 Å². The molecule has 1 aliphatic rings. The van der Waals surface area contributed by atoms with Crippen molar-refractivity contribution in [3.63, 3.8) is 0 Å². The van der Waals surface area contributed by atoms with E-state index in [0.29, 0.717) is 22.4 Å². The van der Waals surface area contributed by atoms with Crippen LogP contribution in [0.5, 0.6) is 11.6 Å². The maximum Gasteiger partial charge on any atom is 0.416 e. The summed E-state index contributed by atoms with van der Waals surface area (Å²) in [5.41, 5.74) is 1.50. The summed E-state index contributed by atoms with van der Waals surface area (Å²) in [6.07, 6.45) is -1.70. The van der Waals surface area contributed by atoms with Crippen molar-refractivity contribution in [1.29, 1.82) is 0 Å². The van der Waals surface area contributed by atoms with Gasteiger partial charge in [-0.05, 0) is 60.7 Å². The number of alkyl halides is 3. The first-order chi connectivity index (χ1) is 20.2. The zero-order chi connectivity index (χ0) is 31.3. The molecule has 3 aromatic carbocycles. The van der Waals surface area contributed by atoms with E-state index in [0.717, 1.165) is 24.1 Å². The summed E-state index contributed by atoms with van der Waals surface area (Å²) in [6.45, 7) is 7.28. The third-order valence-corrected chi connectivity index (χ3v) is 7.83. The first-order valence-corrected chi connectivity index (χ1v) is 13.7. The topological polar surface area (TPSA) is 111 Å². The van der Waals surface area contributed by atoms with Crippen molar-refractivity contribution in [3.8, 4) is 22.8 Å². The molecule has 0 bridgehead atoms. The number of phenolic OH excluding ortho intramolecular Hbond substituents is 1. The zero-order valence-corrected chi connectivity index (χ0v) is 24.1. The van der Waals surface area contributed by atoms with Gasteiger partial charge in [-0.3, -0.25) is 4.57 Å². The van der Waals surface area contributed by atoms with Crippen LogP contribution in [0.15, 0.2) is 88.6 Å². The van der Waals surface area contributed by atoms with E-state index >= 15 is 0 Å². The van der Waals surface area contributed by atoms with Crippen LogP contribution in [0.4, 0.5) is 24.5 Å². The molecule has 1 aromatic heterocycles. The first kappa shape index (κ1) is 30.1. The van der Waals surface area contributed by atoms with Crippen LogP contribution in [0.2, 0.25) is 0 Å². The molecule has 0 aliphatic heterocycles. The number of rotatable bonds is 6. The van der Waals surface area contributed by atoms with Crippen molar-refractivity contribution in [2.75, 3.05) is 0 Å². The molecular weight excluding hydrogens is 559 g/mol. The smallest absolute Gasteiger partial charge is 0.416 e. The van der Waals surface area contributed by atoms with Crippen LogP contribution in [0.3, 0.4) is 0 Å². The molecule has 1 unspecified atom stereocenters. The quantitative estimate of drug-likeness (QED) is 0.133. The number of azo groups is 1. The van der Waals surface area contributed by atoms with Gasteiger partial charge in [-0.25, -0.2) is 0 Å². The normalized spacial score (nSPS) is 16.3. The monoisotopic (exact) mass is 591 g/mol. The minimum Gasteiger partial charge on any atom is -0.505 e. The van der Waals surface area contributed by atoms with Crippen molar-refractivity contribution in [3.05, 3.63) is 89.5 Å². The number of allylic oxidation sites excluding steroid dienone is 4. The molecule has 1 aliphatic carbocycles. The van der Waals surface area contributed by atoms with Crippen molar-refractivity contribution in [2.24, 2.45) is 16.1 Å². The lowest BCUT2D eigenvalue weighted by molar-refractivity contribution is -0.137. The SMILES string of the molecule is CC1=CC(n2c(O)c(N=Nc3cccc(-c4cccc(C(C)(C)C(O)O)c4)c3O)c3ccc(C(F)(F)F)cc32)=CC(C)C1. The largest absolute Gasteiger partial charge is 0.505 e. The molecule has 5 rings (SSSR count). The van der Waals surface area contributed by atoms with Gasteiger partial charge in [0.2, 0.25) is 5.88 Å². The van der Waals surface area contributed by atoms with E-state index in [1.54, 1.807) is 50.2 Å². The van der Waals surface area contributed by atoms with E-state index in [-0.39, 0.29) is 39.8 Å². The van der Waals surface area contributed by atoms with E-state index in [4.69, 9.17) is 0 Å². The fourth-order valence-corrected chi connectivity index (χ4v) is 5.34. The number of aromatic hydroxyl groups is 2. The van der Waals surface area contributed by atoms with Gasteiger partial charge in [0.1, 0.15) is 5.69 Å². The molecule has 10 heteroatoms. The number of halogens is 3. The van der Waals surface area contributed by atoms with Gasteiger partial charge in [0.25, 0.3) is 0 Å². The summed E-state index contributed by atoms with van der Waals surface area (Å²) in [6, 6.07) is 15.0. The summed E-state index contributed by atoms with van der Waals surface area (Å²) in [5, 5.41) is 50.8. The standard InChI is InChI=1S/C33H32F3N3O4/c1-18-13-19(2)15-23(14-18)39-27-17-22(33(34,35)36)11-12-25(27)28(30(39)41)38-37-26-10-6-9-24(29(26)40)20-7-5-8-21(16-20)32(3,4)31(42)43/h5-12,14-18,31,40-43H,13H2,1-4H3. The van der Waals surface area contributed by atoms with Crippen molar-refractivity contribution >= 4 is 28.0 Å². The van der Waals surface area contributed by atoms with Gasteiger partial charge in [0, 0.05) is 22.1 Å². The average Bonchev–Trinajstić information content (AvgIpc) is 3.21. The molecule has 43 heavy (non-hydrogen) atoms. The summed E-state index contributed by atoms with van der Waals surface area (Å²) in [5.74, 6) is -0.483. The van der Waals surface area contributed by atoms with E-state index in [1.807, 2.05) is 26.0 Å². The molecule has 0 amide bonds. The number of phenols is 1. The number of hydrogen-bond donors (Lipinski definition) is 4. The van der Waals surface area contributed by atoms with Crippen molar-refractivity contribution < 1.29 is 33.6 Å². The number of hydrogen-bond acceptors (Lipinski definition) is 6. The van der Waals surface area contributed by atoms with Gasteiger partial charge in [0.15, 0.2) is 17.7 Å². The highest BCUT2D eigenvalue weighted by atomic mass is 19.4. The predicted octanol–water partition coefficient (Wildman–Crippen LogP) is 8.57. The van der Waals surface area contributed by atoms with Gasteiger partial charge >= 0.3 is 6.18 Å².